The highest BCUT2D eigenvalue weighted by molar-refractivity contribution is 5.84. The maximum atomic E-state index is 12.5. The van der Waals surface area contributed by atoms with Crippen molar-refractivity contribution in [2.24, 2.45) is 0 Å². The lowest BCUT2D eigenvalue weighted by Crippen LogP contribution is -2.44. The SMILES string of the molecule is COc1ccc([C@@H]2O[C@H]2C(=O)N(C(C)C)C(C)C)cc1. The minimum absolute atomic E-state index is 0.0795. The number of methoxy groups -OCH3 is 1. The van der Waals surface area contributed by atoms with Crippen LogP contribution in [0.15, 0.2) is 24.3 Å². The van der Waals surface area contributed by atoms with Crippen LogP contribution in [0.4, 0.5) is 0 Å². The maximum absolute atomic E-state index is 12.5. The van der Waals surface area contributed by atoms with Crippen molar-refractivity contribution >= 4 is 5.91 Å². The van der Waals surface area contributed by atoms with Gasteiger partial charge in [0.25, 0.3) is 5.91 Å². The molecule has 0 aromatic heterocycles. The van der Waals surface area contributed by atoms with Crippen LogP contribution < -0.4 is 4.74 Å². The average molecular weight is 277 g/mol. The third kappa shape index (κ3) is 2.96. The molecule has 1 heterocycles. The summed E-state index contributed by atoms with van der Waals surface area (Å²) in [6.45, 7) is 8.12. The monoisotopic (exact) mass is 277 g/mol. The Morgan fingerprint density at radius 3 is 2.15 bits per heavy atom. The molecule has 4 nitrogen and oxygen atoms in total. The lowest BCUT2D eigenvalue weighted by Gasteiger charge is -2.30. The Kier molecular flexibility index (Phi) is 4.33. The molecule has 0 spiro atoms. The second-order valence-corrected chi connectivity index (χ2v) is 5.68. The van der Waals surface area contributed by atoms with Gasteiger partial charge in [-0.25, -0.2) is 0 Å². The van der Waals surface area contributed by atoms with E-state index in [4.69, 9.17) is 9.47 Å². The van der Waals surface area contributed by atoms with Gasteiger partial charge in [-0.3, -0.25) is 4.79 Å². The van der Waals surface area contributed by atoms with Gasteiger partial charge in [0.1, 0.15) is 11.9 Å². The van der Waals surface area contributed by atoms with Crippen LogP contribution in [0.5, 0.6) is 5.75 Å². The van der Waals surface area contributed by atoms with Crippen molar-refractivity contribution in [2.75, 3.05) is 7.11 Å². The Labute approximate surface area is 120 Å². The van der Waals surface area contributed by atoms with E-state index >= 15 is 0 Å². The highest BCUT2D eigenvalue weighted by Gasteiger charge is 2.48. The summed E-state index contributed by atoms with van der Waals surface area (Å²) >= 11 is 0. The number of ether oxygens (including phenoxy) is 2. The Bertz CT molecular complexity index is 459. The van der Waals surface area contributed by atoms with E-state index in [1.54, 1.807) is 7.11 Å². The van der Waals surface area contributed by atoms with Crippen molar-refractivity contribution in [1.82, 2.24) is 4.90 Å². The third-order valence-electron chi connectivity index (χ3n) is 3.55. The minimum Gasteiger partial charge on any atom is -0.497 e. The fourth-order valence-electron chi connectivity index (χ4n) is 2.60. The Morgan fingerprint density at radius 1 is 1.15 bits per heavy atom. The molecular weight excluding hydrogens is 254 g/mol. The van der Waals surface area contributed by atoms with Gasteiger partial charge in [0.15, 0.2) is 6.10 Å². The van der Waals surface area contributed by atoms with Gasteiger partial charge in [0.05, 0.1) is 7.11 Å². The van der Waals surface area contributed by atoms with Gasteiger partial charge in [0.2, 0.25) is 0 Å². The van der Waals surface area contributed by atoms with Crippen LogP contribution in [-0.4, -0.2) is 36.1 Å². The third-order valence-corrected chi connectivity index (χ3v) is 3.55. The smallest absolute Gasteiger partial charge is 0.255 e. The normalized spacial score (nSPS) is 21.1. The van der Waals surface area contributed by atoms with Crippen LogP contribution in [0.1, 0.15) is 39.4 Å². The number of hydrogen-bond donors (Lipinski definition) is 0. The number of nitrogens with zero attached hydrogens (tertiary/aromatic N) is 1. The van der Waals surface area contributed by atoms with Gasteiger partial charge in [0, 0.05) is 12.1 Å². The first-order valence-corrected chi connectivity index (χ1v) is 7.07. The van der Waals surface area contributed by atoms with Crippen molar-refractivity contribution in [3.8, 4) is 5.75 Å². The minimum atomic E-state index is -0.340. The molecule has 0 N–H and O–H groups in total. The second-order valence-electron chi connectivity index (χ2n) is 5.68. The first kappa shape index (κ1) is 14.9. The summed E-state index contributed by atoms with van der Waals surface area (Å²) in [4.78, 5) is 14.4. The highest BCUT2D eigenvalue weighted by atomic mass is 16.6. The number of benzene rings is 1. The summed E-state index contributed by atoms with van der Waals surface area (Å²) in [5.41, 5.74) is 1.02. The highest BCUT2D eigenvalue weighted by Crippen LogP contribution is 2.40. The zero-order valence-electron chi connectivity index (χ0n) is 12.8. The summed E-state index contributed by atoms with van der Waals surface area (Å²) in [6.07, 6.45) is -0.457. The topological polar surface area (TPSA) is 42.1 Å². The molecule has 4 heteroatoms. The zero-order chi connectivity index (χ0) is 14.9. The van der Waals surface area contributed by atoms with E-state index < -0.39 is 0 Å². The maximum Gasteiger partial charge on any atom is 0.255 e. The predicted octanol–water partition coefficient (Wildman–Crippen LogP) is 2.78. The van der Waals surface area contributed by atoms with Gasteiger partial charge in [-0.1, -0.05) is 12.1 Å². The quantitative estimate of drug-likeness (QED) is 0.777. The number of hydrogen-bond acceptors (Lipinski definition) is 3. The molecule has 0 aliphatic carbocycles. The molecule has 2 rings (SSSR count). The Balaban J connectivity index is 2.04. The van der Waals surface area contributed by atoms with E-state index in [-0.39, 0.29) is 30.2 Å². The Hall–Kier alpha value is -1.55. The van der Waals surface area contributed by atoms with Crippen LogP contribution >= 0.6 is 0 Å². The fraction of sp³-hybridized carbons (Fsp3) is 0.562. The molecule has 20 heavy (non-hydrogen) atoms. The number of carbonyl (C=O) groups is 1. The standard InChI is InChI=1S/C16H23NO3/c1-10(2)17(11(3)4)16(18)15-14(20-15)12-6-8-13(19-5)9-7-12/h6-11,14-15H,1-5H3/t14-,15+/m0/s1. The number of carbonyl (C=O) groups excluding carboxylic acids is 1. The van der Waals surface area contributed by atoms with Crippen LogP contribution in [0.25, 0.3) is 0 Å². The van der Waals surface area contributed by atoms with E-state index in [1.165, 1.54) is 0 Å². The van der Waals surface area contributed by atoms with Crippen LogP contribution in [0.2, 0.25) is 0 Å². The number of epoxide rings is 1. The molecular formula is C16H23NO3. The van der Waals surface area contributed by atoms with E-state index in [0.29, 0.717) is 0 Å². The van der Waals surface area contributed by atoms with Crippen LogP contribution in [-0.2, 0) is 9.53 Å². The first-order valence-electron chi connectivity index (χ1n) is 7.07. The molecule has 2 atom stereocenters. The summed E-state index contributed by atoms with van der Waals surface area (Å²) in [5, 5.41) is 0. The number of amides is 1. The molecule has 110 valence electrons. The summed E-state index contributed by atoms with van der Waals surface area (Å²) in [6, 6.07) is 8.05. The first-order chi connectivity index (χ1) is 9.45. The van der Waals surface area contributed by atoms with Crippen molar-refractivity contribution < 1.29 is 14.3 Å². The molecule has 1 amide bonds. The fourth-order valence-corrected chi connectivity index (χ4v) is 2.60. The molecule has 1 aliphatic rings. The van der Waals surface area contributed by atoms with E-state index in [9.17, 15) is 4.79 Å². The predicted molar refractivity (Wildman–Crippen MR) is 77.7 cm³/mol. The molecule has 1 aliphatic heterocycles. The molecule has 1 aromatic carbocycles. The largest absolute Gasteiger partial charge is 0.497 e. The van der Waals surface area contributed by atoms with E-state index in [0.717, 1.165) is 11.3 Å². The molecule has 0 radical (unpaired) electrons. The molecule has 0 saturated carbocycles. The van der Waals surface area contributed by atoms with Gasteiger partial charge in [-0.05, 0) is 45.4 Å². The Morgan fingerprint density at radius 2 is 1.70 bits per heavy atom. The van der Waals surface area contributed by atoms with E-state index in [2.05, 4.69) is 0 Å². The van der Waals surface area contributed by atoms with Gasteiger partial charge in [-0.15, -0.1) is 0 Å². The molecule has 1 saturated heterocycles. The molecule has 0 bridgehead atoms. The zero-order valence-corrected chi connectivity index (χ0v) is 12.8. The average Bonchev–Trinajstić information content (AvgIpc) is 3.18. The molecule has 0 unspecified atom stereocenters. The van der Waals surface area contributed by atoms with Crippen molar-refractivity contribution in [3.05, 3.63) is 29.8 Å². The van der Waals surface area contributed by atoms with Crippen molar-refractivity contribution in [3.63, 3.8) is 0 Å². The summed E-state index contributed by atoms with van der Waals surface area (Å²) < 4.78 is 10.7. The van der Waals surface area contributed by atoms with Crippen LogP contribution in [0, 0.1) is 0 Å². The van der Waals surface area contributed by atoms with Gasteiger partial charge < -0.3 is 14.4 Å². The van der Waals surface area contributed by atoms with Gasteiger partial charge >= 0.3 is 0 Å². The summed E-state index contributed by atoms with van der Waals surface area (Å²) in [5.74, 6) is 0.888. The molecule has 1 aromatic rings. The lowest BCUT2D eigenvalue weighted by molar-refractivity contribution is -0.136. The number of rotatable bonds is 5. The van der Waals surface area contributed by atoms with Crippen LogP contribution in [0.3, 0.4) is 0 Å². The van der Waals surface area contributed by atoms with Gasteiger partial charge in [-0.2, -0.15) is 0 Å². The summed E-state index contributed by atoms with van der Waals surface area (Å²) in [7, 11) is 1.64. The van der Waals surface area contributed by atoms with Crippen molar-refractivity contribution in [1.29, 1.82) is 0 Å². The van der Waals surface area contributed by atoms with Crippen molar-refractivity contribution in [2.45, 2.75) is 52.0 Å². The van der Waals surface area contributed by atoms with E-state index in [1.807, 2.05) is 56.9 Å². The molecule has 1 fully saturated rings. The lowest BCUT2D eigenvalue weighted by atomic mass is 10.1. The second kappa shape index (κ2) is 5.83.